The Bertz CT molecular complexity index is 663. The topological polar surface area (TPSA) is 49.5 Å². The average molecular weight is 290 g/mol. The molecule has 0 radical (unpaired) electrons. The lowest BCUT2D eigenvalue weighted by Crippen LogP contribution is -2.47. The molecule has 2 heterocycles. The zero-order valence-corrected chi connectivity index (χ0v) is 11.9. The van der Waals surface area contributed by atoms with Crippen LogP contribution in [-0.2, 0) is 6.54 Å². The summed E-state index contributed by atoms with van der Waals surface area (Å²) in [5.41, 5.74) is 1.09. The minimum atomic E-state index is -0.300. The van der Waals surface area contributed by atoms with Gasteiger partial charge in [0.25, 0.3) is 0 Å². The second-order valence-electron chi connectivity index (χ2n) is 6.26. The Kier molecular flexibility index (Phi) is 3.01. The molecule has 1 atom stereocenters. The van der Waals surface area contributed by atoms with Crippen molar-refractivity contribution in [1.29, 1.82) is 0 Å². The summed E-state index contributed by atoms with van der Waals surface area (Å²) in [6.07, 6.45) is 5.00. The van der Waals surface area contributed by atoms with Crippen LogP contribution in [0.3, 0.4) is 0 Å². The van der Waals surface area contributed by atoms with Crippen LogP contribution in [0.25, 0.3) is 11.1 Å². The van der Waals surface area contributed by atoms with Crippen molar-refractivity contribution in [3.05, 3.63) is 29.9 Å². The van der Waals surface area contributed by atoms with Crippen molar-refractivity contribution in [2.45, 2.75) is 50.3 Å². The predicted molar refractivity (Wildman–Crippen MR) is 76.2 cm³/mol. The van der Waals surface area contributed by atoms with Gasteiger partial charge in [0.2, 0.25) is 5.89 Å². The normalized spacial score (nSPS) is 25.3. The molecule has 2 aromatic rings. The molecule has 0 bridgehead atoms. The molecule has 4 nitrogen and oxygen atoms in total. The molecule has 4 rings (SSSR count). The summed E-state index contributed by atoms with van der Waals surface area (Å²) in [7, 11) is 0. The van der Waals surface area contributed by atoms with Crippen LogP contribution in [-0.4, -0.2) is 33.2 Å². The number of halogens is 1. The number of benzene rings is 1. The van der Waals surface area contributed by atoms with Crippen molar-refractivity contribution in [2.75, 3.05) is 6.54 Å². The summed E-state index contributed by atoms with van der Waals surface area (Å²) in [5.74, 6) is 0.308. The fraction of sp³-hybridized carbons (Fsp3) is 0.562. The number of fused-ring (bicyclic) bond motifs is 1. The number of rotatable bonds is 2. The third-order valence-electron chi connectivity index (χ3n) is 5.11. The quantitative estimate of drug-likeness (QED) is 0.924. The molecule has 0 amide bonds. The lowest BCUT2D eigenvalue weighted by Gasteiger charge is -2.36. The van der Waals surface area contributed by atoms with E-state index in [0.717, 1.165) is 25.8 Å². The van der Waals surface area contributed by atoms with Gasteiger partial charge in [0.15, 0.2) is 5.58 Å². The Hall–Kier alpha value is -1.46. The number of aliphatic hydroxyl groups is 1. The monoisotopic (exact) mass is 290 g/mol. The van der Waals surface area contributed by atoms with Gasteiger partial charge in [-0.25, -0.2) is 9.37 Å². The highest BCUT2D eigenvalue weighted by molar-refractivity contribution is 5.72. The zero-order valence-electron chi connectivity index (χ0n) is 11.9. The molecule has 5 heteroatoms. The number of aliphatic hydroxyl groups excluding tert-OH is 1. The van der Waals surface area contributed by atoms with E-state index in [-0.39, 0.29) is 17.5 Å². The van der Waals surface area contributed by atoms with Gasteiger partial charge >= 0.3 is 0 Å². The molecule has 1 spiro atoms. The van der Waals surface area contributed by atoms with Gasteiger partial charge in [-0.05, 0) is 31.4 Å². The number of hydrogen-bond donors (Lipinski definition) is 1. The van der Waals surface area contributed by atoms with Gasteiger partial charge in [-0.3, -0.25) is 4.90 Å². The van der Waals surface area contributed by atoms with E-state index in [1.54, 1.807) is 6.07 Å². The molecule has 1 saturated carbocycles. The standard InChI is InChI=1S/C16H19FN2O2/c17-11-3-4-13-12(9-11)18-15(21-13)10-19-8-5-14(20)16(19)6-1-2-7-16/h3-4,9,14,20H,1-2,5-8,10H2/t14-/m0/s1. The third-order valence-corrected chi connectivity index (χ3v) is 5.11. The van der Waals surface area contributed by atoms with Gasteiger partial charge in [0.05, 0.1) is 12.6 Å². The third kappa shape index (κ3) is 2.07. The lowest BCUT2D eigenvalue weighted by atomic mass is 9.91. The molecular formula is C16H19FN2O2. The van der Waals surface area contributed by atoms with E-state index >= 15 is 0 Å². The summed E-state index contributed by atoms with van der Waals surface area (Å²) in [6.45, 7) is 1.46. The first-order valence-electron chi connectivity index (χ1n) is 7.65. The van der Waals surface area contributed by atoms with Gasteiger partial charge < -0.3 is 9.52 Å². The maximum Gasteiger partial charge on any atom is 0.209 e. The van der Waals surface area contributed by atoms with E-state index in [4.69, 9.17) is 4.42 Å². The molecule has 1 aromatic carbocycles. The molecule has 0 unspecified atom stereocenters. The molecule has 1 aromatic heterocycles. The van der Waals surface area contributed by atoms with Crippen LogP contribution in [0.1, 0.15) is 38.0 Å². The minimum absolute atomic E-state index is 0.0914. The number of oxazole rings is 1. The highest BCUT2D eigenvalue weighted by atomic mass is 19.1. The number of nitrogens with zero attached hydrogens (tertiary/aromatic N) is 2. The fourth-order valence-corrected chi connectivity index (χ4v) is 4.03. The van der Waals surface area contributed by atoms with Gasteiger partial charge in [0.1, 0.15) is 11.3 Å². The molecule has 1 aliphatic heterocycles. The van der Waals surface area contributed by atoms with Crippen molar-refractivity contribution in [3.63, 3.8) is 0 Å². The van der Waals surface area contributed by atoms with Crippen molar-refractivity contribution >= 4 is 11.1 Å². The van der Waals surface area contributed by atoms with Crippen molar-refractivity contribution in [1.82, 2.24) is 9.88 Å². The number of likely N-dealkylation sites (tertiary alicyclic amines) is 1. The minimum Gasteiger partial charge on any atom is -0.439 e. The van der Waals surface area contributed by atoms with Crippen LogP contribution >= 0.6 is 0 Å². The second-order valence-corrected chi connectivity index (χ2v) is 6.26. The highest BCUT2D eigenvalue weighted by Gasteiger charge is 2.49. The highest BCUT2D eigenvalue weighted by Crippen LogP contribution is 2.44. The van der Waals surface area contributed by atoms with Crippen LogP contribution < -0.4 is 0 Å². The molecule has 112 valence electrons. The number of hydrogen-bond acceptors (Lipinski definition) is 4. The first-order chi connectivity index (χ1) is 10.2. The smallest absolute Gasteiger partial charge is 0.209 e. The van der Waals surface area contributed by atoms with Crippen molar-refractivity contribution < 1.29 is 13.9 Å². The summed E-state index contributed by atoms with van der Waals surface area (Å²) in [4.78, 5) is 6.70. The van der Waals surface area contributed by atoms with Crippen LogP contribution in [0.2, 0.25) is 0 Å². The summed E-state index contributed by atoms with van der Waals surface area (Å²) >= 11 is 0. The van der Waals surface area contributed by atoms with E-state index in [0.29, 0.717) is 23.5 Å². The SMILES string of the molecule is O[C@H]1CCN(Cc2nc3cc(F)ccc3o2)C12CCCC2. The molecule has 2 aliphatic rings. The van der Waals surface area contributed by atoms with Gasteiger partial charge in [-0.1, -0.05) is 12.8 Å². The van der Waals surface area contributed by atoms with Crippen LogP contribution in [0, 0.1) is 5.82 Å². The molecule has 21 heavy (non-hydrogen) atoms. The second kappa shape index (κ2) is 4.78. The van der Waals surface area contributed by atoms with Gasteiger partial charge in [-0.2, -0.15) is 0 Å². The van der Waals surface area contributed by atoms with Gasteiger partial charge in [0, 0.05) is 18.2 Å². The predicted octanol–water partition coefficient (Wildman–Crippen LogP) is 2.85. The Morgan fingerprint density at radius 1 is 1.38 bits per heavy atom. The molecule has 2 fully saturated rings. The lowest BCUT2D eigenvalue weighted by molar-refractivity contribution is 0.0240. The maximum atomic E-state index is 13.2. The molecule has 1 saturated heterocycles. The van der Waals surface area contributed by atoms with Crippen LogP contribution in [0.15, 0.2) is 22.6 Å². The Labute approximate surface area is 122 Å². The molecular weight excluding hydrogens is 271 g/mol. The van der Waals surface area contributed by atoms with E-state index in [1.807, 2.05) is 0 Å². The largest absolute Gasteiger partial charge is 0.439 e. The Morgan fingerprint density at radius 3 is 3.00 bits per heavy atom. The first kappa shape index (κ1) is 13.2. The summed E-state index contributed by atoms with van der Waals surface area (Å²) in [5, 5.41) is 10.4. The summed E-state index contributed by atoms with van der Waals surface area (Å²) in [6, 6.07) is 4.40. The number of aromatic nitrogens is 1. The Morgan fingerprint density at radius 2 is 2.19 bits per heavy atom. The van der Waals surface area contributed by atoms with Crippen molar-refractivity contribution in [3.8, 4) is 0 Å². The van der Waals surface area contributed by atoms with E-state index in [1.165, 1.54) is 25.0 Å². The van der Waals surface area contributed by atoms with E-state index < -0.39 is 0 Å². The summed E-state index contributed by atoms with van der Waals surface area (Å²) < 4.78 is 18.9. The molecule has 1 aliphatic carbocycles. The first-order valence-corrected chi connectivity index (χ1v) is 7.65. The van der Waals surface area contributed by atoms with E-state index in [9.17, 15) is 9.50 Å². The van der Waals surface area contributed by atoms with Gasteiger partial charge in [-0.15, -0.1) is 0 Å². The van der Waals surface area contributed by atoms with Crippen molar-refractivity contribution in [2.24, 2.45) is 0 Å². The Balaban J connectivity index is 1.62. The van der Waals surface area contributed by atoms with Crippen LogP contribution in [0.5, 0.6) is 0 Å². The van der Waals surface area contributed by atoms with E-state index in [2.05, 4.69) is 9.88 Å². The maximum absolute atomic E-state index is 13.2. The fourth-order valence-electron chi connectivity index (χ4n) is 4.03. The average Bonchev–Trinajstić information content (AvgIpc) is 3.15. The molecule has 1 N–H and O–H groups in total. The van der Waals surface area contributed by atoms with Crippen LogP contribution in [0.4, 0.5) is 4.39 Å². The zero-order chi connectivity index (χ0) is 14.4.